The number of hydrogen-bond donors (Lipinski definition) is 1. The van der Waals surface area contributed by atoms with Gasteiger partial charge in [0.2, 0.25) is 0 Å². The van der Waals surface area contributed by atoms with Gasteiger partial charge in [-0.1, -0.05) is 0 Å². The van der Waals surface area contributed by atoms with Crippen LogP contribution in [0.1, 0.15) is 28.0 Å². The maximum Gasteiger partial charge on any atom is 0.283 e. The normalized spacial score (nSPS) is 10.6. The molecule has 76 valence electrons. The van der Waals surface area contributed by atoms with Gasteiger partial charge in [-0.15, -0.1) is 0 Å². The summed E-state index contributed by atoms with van der Waals surface area (Å²) in [6.45, 7) is 1.37. The third-order valence-electron chi connectivity index (χ3n) is 1.69. The predicted molar refractivity (Wildman–Crippen MR) is 42.4 cm³/mol. The van der Waals surface area contributed by atoms with Crippen molar-refractivity contribution in [2.45, 2.75) is 13.3 Å². The highest BCUT2D eigenvalue weighted by molar-refractivity contribution is 5.94. The maximum atomic E-state index is 13.2. The molecule has 1 rings (SSSR count). The molecule has 2 N–H and O–H groups in total. The second kappa shape index (κ2) is 3.65. The highest BCUT2D eigenvalue weighted by Gasteiger charge is 2.22. The van der Waals surface area contributed by atoms with E-state index in [1.807, 2.05) is 0 Å². The Morgan fingerprint density at radius 2 is 2.14 bits per heavy atom. The van der Waals surface area contributed by atoms with E-state index in [1.165, 1.54) is 6.92 Å². The topological polar surface area (TPSA) is 56.0 Å². The van der Waals surface area contributed by atoms with Crippen LogP contribution in [0.5, 0.6) is 0 Å². The van der Waals surface area contributed by atoms with E-state index < -0.39 is 29.4 Å². The van der Waals surface area contributed by atoms with Gasteiger partial charge in [-0.2, -0.15) is 0 Å². The molecular weight excluding hydrogens is 197 g/mol. The second-order valence-corrected chi connectivity index (χ2v) is 2.68. The fourth-order valence-corrected chi connectivity index (χ4v) is 1.04. The van der Waals surface area contributed by atoms with E-state index in [-0.39, 0.29) is 5.56 Å². The molecule has 0 saturated heterocycles. The van der Waals surface area contributed by atoms with Crippen molar-refractivity contribution in [2.75, 3.05) is 0 Å². The van der Waals surface area contributed by atoms with E-state index in [0.29, 0.717) is 0 Å². The molecular formula is C8H7F3N2O. The molecule has 1 aromatic rings. The molecule has 0 unspecified atom stereocenters. The molecule has 6 heteroatoms. The number of pyridine rings is 1. The van der Waals surface area contributed by atoms with Crippen molar-refractivity contribution in [2.24, 2.45) is 5.73 Å². The van der Waals surface area contributed by atoms with Crippen LogP contribution in [0.15, 0.2) is 6.20 Å². The molecule has 1 aromatic heterocycles. The molecule has 0 bridgehead atoms. The van der Waals surface area contributed by atoms with Crippen molar-refractivity contribution in [3.05, 3.63) is 28.8 Å². The summed E-state index contributed by atoms with van der Waals surface area (Å²) in [5.41, 5.74) is 3.39. The summed E-state index contributed by atoms with van der Waals surface area (Å²) in [6.07, 6.45) is -2.07. The van der Waals surface area contributed by atoms with Gasteiger partial charge < -0.3 is 5.73 Å². The molecule has 14 heavy (non-hydrogen) atoms. The maximum absolute atomic E-state index is 13.2. The Morgan fingerprint density at radius 1 is 1.57 bits per heavy atom. The molecule has 0 radical (unpaired) electrons. The monoisotopic (exact) mass is 204 g/mol. The first-order chi connectivity index (χ1) is 6.45. The van der Waals surface area contributed by atoms with Crippen molar-refractivity contribution in [3.63, 3.8) is 0 Å². The second-order valence-electron chi connectivity index (χ2n) is 2.68. The van der Waals surface area contributed by atoms with Crippen molar-refractivity contribution in [3.8, 4) is 0 Å². The van der Waals surface area contributed by atoms with E-state index in [2.05, 4.69) is 4.98 Å². The molecule has 0 fully saturated rings. The van der Waals surface area contributed by atoms with Crippen LogP contribution >= 0.6 is 0 Å². The van der Waals surface area contributed by atoms with Gasteiger partial charge >= 0.3 is 0 Å². The summed E-state index contributed by atoms with van der Waals surface area (Å²) in [5.74, 6) is -2.42. The summed E-state index contributed by atoms with van der Waals surface area (Å²) in [6, 6.07) is 0. The third-order valence-corrected chi connectivity index (χ3v) is 1.69. The number of halogens is 3. The van der Waals surface area contributed by atoms with Gasteiger partial charge in [-0.25, -0.2) is 13.2 Å². The number of nitrogens with zero attached hydrogens (tertiary/aromatic N) is 1. The Hall–Kier alpha value is -1.59. The van der Waals surface area contributed by atoms with Crippen LogP contribution in [0.4, 0.5) is 13.2 Å². The van der Waals surface area contributed by atoms with E-state index >= 15 is 0 Å². The molecule has 0 spiro atoms. The summed E-state index contributed by atoms with van der Waals surface area (Å²) in [7, 11) is 0. The van der Waals surface area contributed by atoms with E-state index in [4.69, 9.17) is 5.73 Å². The number of amides is 1. The lowest BCUT2D eigenvalue weighted by atomic mass is 10.1. The van der Waals surface area contributed by atoms with Crippen LogP contribution < -0.4 is 5.73 Å². The molecule has 0 aliphatic heterocycles. The highest BCUT2D eigenvalue weighted by atomic mass is 19.3. The van der Waals surface area contributed by atoms with Crippen LogP contribution in [-0.4, -0.2) is 10.9 Å². The Morgan fingerprint density at radius 3 is 2.57 bits per heavy atom. The number of nitrogens with two attached hydrogens (primary N) is 1. The summed E-state index contributed by atoms with van der Waals surface area (Å²) in [4.78, 5) is 13.9. The van der Waals surface area contributed by atoms with Crippen LogP contribution in [0.25, 0.3) is 0 Å². The van der Waals surface area contributed by atoms with Crippen molar-refractivity contribution >= 4 is 5.91 Å². The summed E-state index contributed by atoms with van der Waals surface area (Å²) < 4.78 is 37.5. The van der Waals surface area contributed by atoms with Gasteiger partial charge in [0.1, 0.15) is 5.69 Å². The number of carbonyl (C=O) groups is 1. The van der Waals surface area contributed by atoms with Crippen molar-refractivity contribution in [1.29, 1.82) is 0 Å². The quantitative estimate of drug-likeness (QED) is 0.794. The van der Waals surface area contributed by atoms with Gasteiger partial charge in [-0.3, -0.25) is 9.78 Å². The number of aromatic nitrogens is 1. The average molecular weight is 204 g/mol. The molecule has 0 aliphatic rings. The molecule has 0 atom stereocenters. The highest BCUT2D eigenvalue weighted by Crippen LogP contribution is 2.23. The minimum Gasteiger partial charge on any atom is -0.365 e. The SMILES string of the molecule is Cc1cnc(C(F)F)c(F)c1C(N)=O. The van der Waals surface area contributed by atoms with Gasteiger partial charge in [0, 0.05) is 6.20 Å². The van der Waals surface area contributed by atoms with Gasteiger partial charge in [0.25, 0.3) is 12.3 Å². The Bertz CT molecular complexity index is 379. The smallest absolute Gasteiger partial charge is 0.283 e. The van der Waals surface area contributed by atoms with E-state index in [0.717, 1.165) is 6.20 Å². The van der Waals surface area contributed by atoms with Crippen molar-refractivity contribution in [1.82, 2.24) is 4.98 Å². The first-order valence-electron chi connectivity index (χ1n) is 3.68. The zero-order chi connectivity index (χ0) is 10.9. The molecule has 0 saturated carbocycles. The van der Waals surface area contributed by atoms with Crippen LogP contribution in [-0.2, 0) is 0 Å². The fourth-order valence-electron chi connectivity index (χ4n) is 1.04. The van der Waals surface area contributed by atoms with Gasteiger partial charge in [0.05, 0.1) is 5.56 Å². The van der Waals surface area contributed by atoms with Gasteiger partial charge in [-0.05, 0) is 12.5 Å². The Kier molecular flexibility index (Phi) is 2.73. The third kappa shape index (κ3) is 1.68. The first kappa shape index (κ1) is 10.5. The minimum atomic E-state index is -3.06. The zero-order valence-corrected chi connectivity index (χ0v) is 7.22. The molecule has 1 heterocycles. The number of primary amides is 1. The average Bonchev–Trinajstić information content (AvgIpc) is 2.02. The summed E-state index contributed by atoms with van der Waals surface area (Å²) in [5, 5.41) is 0. The fraction of sp³-hybridized carbons (Fsp3) is 0.250. The van der Waals surface area contributed by atoms with Crippen molar-refractivity contribution < 1.29 is 18.0 Å². The lowest BCUT2D eigenvalue weighted by Crippen LogP contribution is -2.17. The number of carbonyl (C=O) groups excluding carboxylic acids is 1. The number of hydrogen-bond acceptors (Lipinski definition) is 2. The minimum absolute atomic E-state index is 0.138. The number of alkyl halides is 2. The van der Waals surface area contributed by atoms with E-state index in [1.54, 1.807) is 0 Å². The molecule has 0 aliphatic carbocycles. The Balaban J connectivity index is 3.41. The molecule has 3 nitrogen and oxygen atoms in total. The number of rotatable bonds is 2. The molecule has 1 amide bonds. The standard InChI is InChI=1S/C8H7F3N2O/c1-3-2-13-6(7(10)11)5(9)4(3)8(12)14/h2,7H,1H3,(H2,12,14). The molecule has 0 aromatic carbocycles. The summed E-state index contributed by atoms with van der Waals surface area (Å²) >= 11 is 0. The lowest BCUT2D eigenvalue weighted by Gasteiger charge is -2.06. The predicted octanol–water partition coefficient (Wildman–Crippen LogP) is 1.57. The zero-order valence-electron chi connectivity index (χ0n) is 7.22. The van der Waals surface area contributed by atoms with Crippen LogP contribution in [0.2, 0.25) is 0 Å². The number of aryl methyl sites for hydroxylation is 1. The van der Waals surface area contributed by atoms with Crippen LogP contribution in [0.3, 0.4) is 0 Å². The lowest BCUT2D eigenvalue weighted by molar-refractivity contribution is 0.0993. The Labute approximate surface area is 77.7 Å². The largest absolute Gasteiger partial charge is 0.365 e. The first-order valence-corrected chi connectivity index (χ1v) is 3.68. The van der Waals surface area contributed by atoms with E-state index in [9.17, 15) is 18.0 Å². The van der Waals surface area contributed by atoms with Gasteiger partial charge in [0.15, 0.2) is 5.82 Å². The van der Waals surface area contributed by atoms with Crippen LogP contribution in [0, 0.1) is 12.7 Å².